The van der Waals surface area contributed by atoms with Gasteiger partial charge in [0.2, 0.25) is 0 Å². The Morgan fingerprint density at radius 1 is 1.13 bits per heavy atom. The summed E-state index contributed by atoms with van der Waals surface area (Å²) in [4.78, 5) is 23.8. The van der Waals surface area contributed by atoms with Crippen molar-refractivity contribution < 1.29 is 19.2 Å². The Morgan fingerprint density at radius 3 is 2.39 bits per heavy atom. The van der Waals surface area contributed by atoms with Gasteiger partial charge in [0.25, 0.3) is 11.6 Å². The molecule has 1 aromatic heterocycles. The zero-order valence-corrected chi connectivity index (χ0v) is 17.8. The van der Waals surface area contributed by atoms with E-state index < -0.39 is 4.92 Å². The van der Waals surface area contributed by atoms with E-state index in [2.05, 4.69) is 10.4 Å². The van der Waals surface area contributed by atoms with Gasteiger partial charge < -0.3 is 14.8 Å². The van der Waals surface area contributed by atoms with Crippen molar-refractivity contribution in [1.29, 1.82) is 0 Å². The number of carbonyl (C=O) groups is 1. The van der Waals surface area contributed by atoms with Crippen LogP contribution < -0.4 is 14.8 Å². The van der Waals surface area contributed by atoms with E-state index in [9.17, 15) is 14.9 Å². The van der Waals surface area contributed by atoms with Crippen LogP contribution in [0.4, 0.5) is 5.69 Å². The first kappa shape index (κ1) is 21.8. The molecule has 9 heteroatoms. The molecule has 1 amide bonds. The largest absolute Gasteiger partial charge is 0.493 e. The molecule has 3 aromatic rings. The van der Waals surface area contributed by atoms with Crippen LogP contribution in [-0.4, -0.2) is 41.4 Å². The first-order valence-electron chi connectivity index (χ1n) is 9.66. The summed E-state index contributed by atoms with van der Waals surface area (Å²) >= 11 is 0. The van der Waals surface area contributed by atoms with Crippen molar-refractivity contribution >= 4 is 11.6 Å². The van der Waals surface area contributed by atoms with Crippen LogP contribution in [0.3, 0.4) is 0 Å². The fraction of sp³-hybridized carbons (Fsp3) is 0.273. The summed E-state index contributed by atoms with van der Waals surface area (Å²) in [5.74, 6) is 0.395. The van der Waals surface area contributed by atoms with Crippen molar-refractivity contribution in [2.45, 2.75) is 20.3 Å². The summed E-state index contributed by atoms with van der Waals surface area (Å²) in [6, 6.07) is 12.4. The summed E-state index contributed by atoms with van der Waals surface area (Å²) in [6.07, 6.45) is 0.257. The molecule has 0 saturated carbocycles. The van der Waals surface area contributed by atoms with Crippen LogP contribution in [0.5, 0.6) is 11.5 Å². The van der Waals surface area contributed by atoms with Gasteiger partial charge in [0.1, 0.15) is 0 Å². The van der Waals surface area contributed by atoms with Crippen LogP contribution in [-0.2, 0) is 6.42 Å². The molecular weight excluding hydrogens is 400 g/mol. The van der Waals surface area contributed by atoms with Gasteiger partial charge in [-0.3, -0.25) is 14.9 Å². The van der Waals surface area contributed by atoms with E-state index in [1.165, 1.54) is 20.3 Å². The van der Waals surface area contributed by atoms with Gasteiger partial charge in [-0.25, -0.2) is 4.68 Å². The molecule has 9 nitrogen and oxygen atoms in total. The fourth-order valence-corrected chi connectivity index (χ4v) is 3.47. The molecule has 0 atom stereocenters. The van der Waals surface area contributed by atoms with Crippen molar-refractivity contribution in [3.63, 3.8) is 0 Å². The van der Waals surface area contributed by atoms with Gasteiger partial charge in [0, 0.05) is 12.1 Å². The van der Waals surface area contributed by atoms with Gasteiger partial charge >= 0.3 is 0 Å². The number of amides is 1. The topological polar surface area (TPSA) is 109 Å². The number of para-hydroxylation sites is 1. The number of nitrogens with zero attached hydrogens (tertiary/aromatic N) is 3. The Labute approximate surface area is 179 Å². The Kier molecular flexibility index (Phi) is 6.54. The van der Waals surface area contributed by atoms with Crippen LogP contribution in [0.2, 0.25) is 0 Å². The second-order valence-electron chi connectivity index (χ2n) is 6.89. The molecule has 3 rings (SSSR count). The highest BCUT2D eigenvalue weighted by Gasteiger charge is 2.21. The number of hydrogen-bond acceptors (Lipinski definition) is 6. The van der Waals surface area contributed by atoms with Gasteiger partial charge in [0.15, 0.2) is 11.5 Å². The van der Waals surface area contributed by atoms with Gasteiger partial charge in [0.05, 0.1) is 47.8 Å². The normalized spacial score (nSPS) is 10.6. The molecule has 0 fully saturated rings. The molecule has 1 heterocycles. The lowest BCUT2D eigenvalue weighted by Gasteiger charge is -2.11. The number of benzene rings is 2. The quantitative estimate of drug-likeness (QED) is 0.439. The average molecular weight is 424 g/mol. The number of ether oxygens (including phenoxy) is 2. The minimum Gasteiger partial charge on any atom is -0.493 e. The fourth-order valence-electron chi connectivity index (χ4n) is 3.47. The van der Waals surface area contributed by atoms with E-state index in [-0.39, 0.29) is 30.3 Å². The van der Waals surface area contributed by atoms with Gasteiger partial charge in [-0.15, -0.1) is 0 Å². The number of aryl methyl sites for hydroxylation is 1. The third kappa shape index (κ3) is 4.50. The van der Waals surface area contributed by atoms with Crippen LogP contribution in [0.15, 0.2) is 42.5 Å². The van der Waals surface area contributed by atoms with Crippen LogP contribution >= 0.6 is 0 Å². The second kappa shape index (κ2) is 9.29. The zero-order chi connectivity index (χ0) is 22.5. The number of nitro groups is 1. The minimum atomic E-state index is -0.475. The second-order valence-corrected chi connectivity index (χ2v) is 6.89. The molecule has 1 N–H and O–H groups in total. The zero-order valence-electron chi connectivity index (χ0n) is 17.8. The Hall–Kier alpha value is -3.88. The monoisotopic (exact) mass is 424 g/mol. The standard InChI is InChI=1S/C22H24N4O5/c1-14-21(15(2)25(24-14)17-8-6-5-7-9-17)22(27)23-11-10-16-12-19(30-3)20(31-4)13-18(16)26(28)29/h5-9,12-13H,10-11H2,1-4H3,(H,23,27). The van der Waals surface area contributed by atoms with Crippen LogP contribution in [0, 0.1) is 24.0 Å². The predicted octanol–water partition coefficient (Wildman–Crippen LogP) is 3.39. The smallest absolute Gasteiger partial charge is 0.276 e. The number of rotatable bonds is 8. The lowest BCUT2D eigenvalue weighted by molar-refractivity contribution is -0.385. The molecule has 0 unspecified atom stereocenters. The highest BCUT2D eigenvalue weighted by molar-refractivity contribution is 5.96. The third-order valence-corrected chi connectivity index (χ3v) is 4.98. The molecule has 0 aliphatic rings. The summed E-state index contributed by atoms with van der Waals surface area (Å²) in [5, 5.41) is 18.8. The molecule has 0 bridgehead atoms. The van der Waals surface area contributed by atoms with Crippen molar-refractivity contribution in [3.05, 3.63) is 75.1 Å². The average Bonchev–Trinajstić information content (AvgIpc) is 3.07. The Morgan fingerprint density at radius 2 is 1.77 bits per heavy atom. The van der Waals surface area contributed by atoms with Gasteiger partial charge in [-0.2, -0.15) is 5.10 Å². The molecule has 0 saturated heterocycles. The number of nitro benzene ring substituents is 1. The molecule has 0 spiro atoms. The first-order valence-corrected chi connectivity index (χ1v) is 9.66. The van der Waals surface area contributed by atoms with Crippen molar-refractivity contribution in [3.8, 4) is 17.2 Å². The molecular formula is C22H24N4O5. The number of carbonyl (C=O) groups excluding carboxylic acids is 1. The SMILES string of the molecule is COc1cc(CCNC(=O)c2c(C)nn(-c3ccccc3)c2C)c([N+](=O)[O-])cc1OC. The minimum absolute atomic E-state index is 0.0869. The van der Waals surface area contributed by atoms with Crippen LogP contribution in [0.1, 0.15) is 27.3 Å². The lowest BCUT2D eigenvalue weighted by atomic mass is 10.1. The summed E-state index contributed by atoms with van der Waals surface area (Å²) in [6.45, 7) is 3.83. The highest BCUT2D eigenvalue weighted by atomic mass is 16.6. The highest BCUT2D eigenvalue weighted by Crippen LogP contribution is 2.34. The summed E-state index contributed by atoms with van der Waals surface area (Å²) < 4.78 is 12.1. The van der Waals surface area contributed by atoms with E-state index in [1.807, 2.05) is 37.3 Å². The molecule has 0 aliphatic carbocycles. The van der Waals surface area contributed by atoms with E-state index in [0.717, 1.165) is 11.4 Å². The number of hydrogen-bond donors (Lipinski definition) is 1. The summed E-state index contributed by atoms with van der Waals surface area (Å²) in [7, 11) is 2.88. The van der Waals surface area contributed by atoms with Crippen molar-refractivity contribution in [1.82, 2.24) is 15.1 Å². The summed E-state index contributed by atoms with van der Waals surface area (Å²) in [5.41, 5.74) is 3.04. The van der Waals surface area contributed by atoms with E-state index in [1.54, 1.807) is 17.7 Å². The molecule has 162 valence electrons. The molecule has 31 heavy (non-hydrogen) atoms. The van der Waals surface area contributed by atoms with E-state index in [4.69, 9.17) is 9.47 Å². The Balaban J connectivity index is 1.77. The van der Waals surface area contributed by atoms with E-state index >= 15 is 0 Å². The molecule has 0 radical (unpaired) electrons. The maximum atomic E-state index is 12.8. The first-order chi connectivity index (χ1) is 14.9. The van der Waals surface area contributed by atoms with Crippen molar-refractivity contribution in [2.75, 3.05) is 20.8 Å². The predicted molar refractivity (Wildman–Crippen MR) is 115 cm³/mol. The van der Waals surface area contributed by atoms with Crippen LogP contribution in [0.25, 0.3) is 5.69 Å². The Bertz CT molecular complexity index is 1110. The van der Waals surface area contributed by atoms with Gasteiger partial charge in [-0.05, 0) is 38.5 Å². The van der Waals surface area contributed by atoms with E-state index in [0.29, 0.717) is 22.6 Å². The van der Waals surface area contributed by atoms with Crippen molar-refractivity contribution in [2.24, 2.45) is 0 Å². The lowest BCUT2D eigenvalue weighted by Crippen LogP contribution is -2.27. The molecule has 0 aliphatic heterocycles. The maximum absolute atomic E-state index is 12.8. The number of nitrogens with one attached hydrogen (secondary N) is 1. The maximum Gasteiger partial charge on any atom is 0.276 e. The van der Waals surface area contributed by atoms with Gasteiger partial charge in [-0.1, -0.05) is 18.2 Å². The molecule has 2 aromatic carbocycles. The number of methoxy groups -OCH3 is 2. The third-order valence-electron chi connectivity index (χ3n) is 4.98. The number of aromatic nitrogens is 2.